The molecule has 2 aromatic rings. The largest absolute Gasteiger partial charge is 0.313 e. The summed E-state index contributed by atoms with van der Waals surface area (Å²) in [5.41, 5.74) is 1.22. The van der Waals surface area contributed by atoms with Crippen LogP contribution in [0.2, 0.25) is 5.02 Å². The zero-order chi connectivity index (χ0) is 14.7. The van der Waals surface area contributed by atoms with Crippen LogP contribution in [0.1, 0.15) is 22.8 Å². The van der Waals surface area contributed by atoms with Gasteiger partial charge in [-0.25, -0.2) is 0 Å². The third-order valence-corrected chi connectivity index (χ3v) is 3.15. The molecular formula is C14H12ClN3O2. The van der Waals surface area contributed by atoms with Crippen molar-refractivity contribution in [3.63, 3.8) is 0 Å². The maximum Gasteiger partial charge on any atom is 0.223 e. The van der Waals surface area contributed by atoms with Gasteiger partial charge in [0.2, 0.25) is 5.91 Å². The number of benzene rings is 1. The topological polar surface area (TPSA) is 63.2 Å². The second-order valence-corrected chi connectivity index (χ2v) is 4.64. The summed E-state index contributed by atoms with van der Waals surface area (Å²) >= 11 is 5.80. The molecule has 102 valence electrons. The molecular weight excluding hydrogens is 278 g/mol. The standard InChI is InChI=1S/C14H12ClN3O2/c1-9(19)18(2)13-8-17-16-7-12(13)14(20)10-3-5-11(15)6-4-10/h3-8H,1-2H3. The number of nitrogens with zero attached hydrogens (tertiary/aromatic N) is 3. The zero-order valence-electron chi connectivity index (χ0n) is 11.0. The first kappa shape index (κ1) is 14.1. The van der Waals surface area contributed by atoms with Crippen molar-refractivity contribution in [1.82, 2.24) is 10.2 Å². The fraction of sp³-hybridized carbons (Fsp3) is 0.143. The molecule has 5 nitrogen and oxygen atoms in total. The van der Waals surface area contributed by atoms with Crippen LogP contribution in [0.5, 0.6) is 0 Å². The van der Waals surface area contributed by atoms with Gasteiger partial charge in [-0.1, -0.05) is 11.6 Å². The fourth-order valence-electron chi connectivity index (χ4n) is 1.68. The van der Waals surface area contributed by atoms with Crippen molar-refractivity contribution in [3.05, 3.63) is 52.8 Å². The van der Waals surface area contributed by atoms with Gasteiger partial charge in [0.25, 0.3) is 0 Å². The van der Waals surface area contributed by atoms with Gasteiger partial charge in [-0.2, -0.15) is 10.2 Å². The van der Waals surface area contributed by atoms with Gasteiger partial charge >= 0.3 is 0 Å². The van der Waals surface area contributed by atoms with E-state index >= 15 is 0 Å². The van der Waals surface area contributed by atoms with E-state index in [0.29, 0.717) is 21.8 Å². The summed E-state index contributed by atoms with van der Waals surface area (Å²) in [7, 11) is 1.58. The molecule has 20 heavy (non-hydrogen) atoms. The lowest BCUT2D eigenvalue weighted by atomic mass is 10.0. The molecule has 0 bridgehead atoms. The maximum atomic E-state index is 12.5. The van der Waals surface area contributed by atoms with Crippen LogP contribution in [-0.4, -0.2) is 28.9 Å². The molecule has 1 heterocycles. The van der Waals surface area contributed by atoms with Gasteiger partial charge in [-0.05, 0) is 24.3 Å². The maximum absolute atomic E-state index is 12.5. The van der Waals surface area contributed by atoms with E-state index in [-0.39, 0.29) is 11.7 Å². The van der Waals surface area contributed by atoms with E-state index in [1.54, 1.807) is 31.3 Å². The van der Waals surface area contributed by atoms with Gasteiger partial charge in [0.1, 0.15) is 0 Å². The number of rotatable bonds is 3. The molecule has 0 fully saturated rings. The average Bonchev–Trinajstić information content (AvgIpc) is 2.46. The summed E-state index contributed by atoms with van der Waals surface area (Å²) in [6, 6.07) is 6.53. The molecule has 0 saturated heterocycles. The summed E-state index contributed by atoms with van der Waals surface area (Å²) in [4.78, 5) is 25.3. The van der Waals surface area contributed by atoms with Crippen LogP contribution >= 0.6 is 11.6 Å². The Labute approximate surface area is 121 Å². The molecule has 1 aromatic heterocycles. The molecule has 6 heteroatoms. The minimum atomic E-state index is -0.236. The first-order valence-corrected chi connectivity index (χ1v) is 6.23. The van der Waals surface area contributed by atoms with Crippen molar-refractivity contribution >= 4 is 29.0 Å². The van der Waals surface area contributed by atoms with Gasteiger partial charge < -0.3 is 4.90 Å². The second kappa shape index (κ2) is 5.79. The minimum absolute atomic E-state index is 0.192. The number of aromatic nitrogens is 2. The van der Waals surface area contributed by atoms with Crippen molar-refractivity contribution < 1.29 is 9.59 Å². The van der Waals surface area contributed by atoms with Crippen molar-refractivity contribution in [2.24, 2.45) is 0 Å². The SMILES string of the molecule is CC(=O)N(C)c1cnncc1C(=O)c1ccc(Cl)cc1. The van der Waals surface area contributed by atoms with Gasteiger partial charge in [0, 0.05) is 24.6 Å². The van der Waals surface area contributed by atoms with Crippen LogP contribution in [0.25, 0.3) is 0 Å². The minimum Gasteiger partial charge on any atom is -0.313 e. The van der Waals surface area contributed by atoms with E-state index < -0.39 is 0 Å². The van der Waals surface area contributed by atoms with Crippen molar-refractivity contribution in [2.45, 2.75) is 6.92 Å². The molecule has 1 aromatic carbocycles. The summed E-state index contributed by atoms with van der Waals surface area (Å²) in [6.07, 6.45) is 2.75. The van der Waals surface area contributed by atoms with E-state index in [2.05, 4.69) is 10.2 Å². The number of carbonyl (C=O) groups excluding carboxylic acids is 2. The van der Waals surface area contributed by atoms with Gasteiger partial charge in [0.15, 0.2) is 5.78 Å². The Hall–Kier alpha value is -2.27. The summed E-state index contributed by atoms with van der Waals surface area (Å²) in [6.45, 7) is 1.41. The van der Waals surface area contributed by atoms with Gasteiger partial charge in [-0.15, -0.1) is 0 Å². The molecule has 0 unspecified atom stereocenters. The molecule has 0 radical (unpaired) electrons. The van der Waals surface area contributed by atoms with E-state index in [9.17, 15) is 9.59 Å². The molecule has 1 amide bonds. The smallest absolute Gasteiger partial charge is 0.223 e. The van der Waals surface area contributed by atoms with Crippen LogP contribution in [0, 0.1) is 0 Å². The van der Waals surface area contributed by atoms with E-state index in [1.807, 2.05) is 0 Å². The number of anilines is 1. The monoisotopic (exact) mass is 289 g/mol. The lowest BCUT2D eigenvalue weighted by Crippen LogP contribution is -2.25. The Balaban J connectivity index is 2.45. The summed E-state index contributed by atoms with van der Waals surface area (Å²) in [5, 5.41) is 7.99. The Bertz CT molecular complexity index is 656. The quantitative estimate of drug-likeness (QED) is 0.814. The molecule has 0 aliphatic rings. The third kappa shape index (κ3) is 2.83. The first-order valence-electron chi connectivity index (χ1n) is 5.86. The number of ketones is 1. The average molecular weight is 290 g/mol. The molecule has 0 atom stereocenters. The number of carbonyl (C=O) groups is 2. The van der Waals surface area contributed by atoms with Gasteiger partial charge in [0.05, 0.1) is 23.6 Å². The Kier molecular flexibility index (Phi) is 4.10. The number of hydrogen-bond acceptors (Lipinski definition) is 4. The normalized spacial score (nSPS) is 10.2. The van der Waals surface area contributed by atoms with Crippen molar-refractivity contribution in [3.8, 4) is 0 Å². The van der Waals surface area contributed by atoms with Crippen molar-refractivity contribution in [2.75, 3.05) is 11.9 Å². The van der Waals surface area contributed by atoms with E-state index in [4.69, 9.17) is 11.6 Å². The van der Waals surface area contributed by atoms with Crippen LogP contribution in [0.4, 0.5) is 5.69 Å². The predicted molar refractivity (Wildman–Crippen MR) is 76.0 cm³/mol. The fourth-order valence-corrected chi connectivity index (χ4v) is 1.81. The predicted octanol–water partition coefficient (Wildman–Crippen LogP) is 2.34. The molecule has 0 spiro atoms. The summed E-state index contributed by atoms with van der Waals surface area (Å²) in [5.74, 6) is -0.428. The highest BCUT2D eigenvalue weighted by Gasteiger charge is 2.18. The number of hydrogen-bond donors (Lipinski definition) is 0. The van der Waals surface area contributed by atoms with Crippen LogP contribution in [0.3, 0.4) is 0 Å². The van der Waals surface area contributed by atoms with Crippen LogP contribution < -0.4 is 4.90 Å². The van der Waals surface area contributed by atoms with Crippen LogP contribution in [-0.2, 0) is 4.79 Å². The van der Waals surface area contributed by atoms with Crippen LogP contribution in [0.15, 0.2) is 36.7 Å². The zero-order valence-corrected chi connectivity index (χ0v) is 11.8. The van der Waals surface area contributed by atoms with E-state index in [1.165, 1.54) is 24.2 Å². The highest BCUT2D eigenvalue weighted by atomic mass is 35.5. The third-order valence-electron chi connectivity index (χ3n) is 2.89. The van der Waals surface area contributed by atoms with Crippen molar-refractivity contribution in [1.29, 1.82) is 0 Å². The first-order chi connectivity index (χ1) is 9.50. The molecule has 0 aliphatic carbocycles. The highest BCUT2D eigenvalue weighted by Crippen LogP contribution is 2.21. The van der Waals surface area contributed by atoms with Gasteiger partial charge in [-0.3, -0.25) is 9.59 Å². The highest BCUT2D eigenvalue weighted by molar-refractivity contribution is 6.30. The Morgan fingerprint density at radius 2 is 1.70 bits per heavy atom. The molecule has 0 saturated carbocycles. The number of amides is 1. The lowest BCUT2D eigenvalue weighted by molar-refractivity contribution is -0.116. The Morgan fingerprint density at radius 3 is 2.30 bits per heavy atom. The lowest BCUT2D eigenvalue weighted by Gasteiger charge is -2.17. The summed E-state index contributed by atoms with van der Waals surface area (Å²) < 4.78 is 0. The Morgan fingerprint density at radius 1 is 1.10 bits per heavy atom. The molecule has 2 rings (SSSR count). The number of halogens is 1. The molecule has 0 N–H and O–H groups in total. The molecule has 0 aliphatic heterocycles. The second-order valence-electron chi connectivity index (χ2n) is 4.20. The van der Waals surface area contributed by atoms with E-state index in [0.717, 1.165) is 0 Å².